The SMILES string of the molecule is Cc1ccc2[nH]c3c(c2c1)CC[NH+](C)C3. The predicted molar refractivity (Wildman–Crippen MR) is 62.2 cm³/mol. The molecule has 3 rings (SSSR count). The molecule has 1 atom stereocenters. The maximum absolute atomic E-state index is 3.55. The van der Waals surface area contributed by atoms with E-state index in [2.05, 4.69) is 37.2 Å². The van der Waals surface area contributed by atoms with Crippen LogP contribution in [0.2, 0.25) is 0 Å². The Morgan fingerprint density at radius 3 is 3.07 bits per heavy atom. The van der Waals surface area contributed by atoms with Crippen LogP contribution in [0.4, 0.5) is 0 Å². The molecule has 0 bridgehead atoms. The average Bonchev–Trinajstić information content (AvgIpc) is 2.54. The van der Waals surface area contributed by atoms with Gasteiger partial charge in [-0.2, -0.15) is 0 Å². The summed E-state index contributed by atoms with van der Waals surface area (Å²) in [7, 11) is 2.26. The summed E-state index contributed by atoms with van der Waals surface area (Å²) in [5.41, 5.74) is 5.66. The maximum Gasteiger partial charge on any atom is 0.118 e. The smallest absolute Gasteiger partial charge is 0.118 e. The minimum Gasteiger partial charge on any atom is -0.354 e. The lowest BCUT2D eigenvalue weighted by Gasteiger charge is -2.19. The van der Waals surface area contributed by atoms with Gasteiger partial charge in [-0.1, -0.05) is 11.6 Å². The summed E-state index contributed by atoms with van der Waals surface area (Å²) >= 11 is 0. The van der Waals surface area contributed by atoms with Crippen molar-refractivity contribution in [2.45, 2.75) is 19.9 Å². The Balaban J connectivity index is 2.24. The van der Waals surface area contributed by atoms with E-state index in [-0.39, 0.29) is 0 Å². The fraction of sp³-hybridized carbons (Fsp3) is 0.385. The van der Waals surface area contributed by atoms with Gasteiger partial charge < -0.3 is 9.88 Å². The van der Waals surface area contributed by atoms with Gasteiger partial charge in [0, 0.05) is 17.3 Å². The lowest BCUT2D eigenvalue weighted by molar-refractivity contribution is -0.896. The molecule has 1 aromatic carbocycles. The highest BCUT2D eigenvalue weighted by molar-refractivity contribution is 5.85. The number of nitrogens with one attached hydrogen (secondary N) is 2. The van der Waals surface area contributed by atoms with Crippen molar-refractivity contribution >= 4 is 10.9 Å². The fourth-order valence-electron chi connectivity index (χ4n) is 2.58. The third kappa shape index (κ3) is 1.37. The Morgan fingerprint density at radius 2 is 2.20 bits per heavy atom. The molecule has 2 heterocycles. The minimum atomic E-state index is 1.14. The molecule has 2 aromatic rings. The lowest BCUT2D eigenvalue weighted by Crippen LogP contribution is -3.08. The Bertz CT molecular complexity index is 510. The first kappa shape index (κ1) is 8.98. The summed E-state index contributed by atoms with van der Waals surface area (Å²) in [5, 5.41) is 1.44. The van der Waals surface area contributed by atoms with Gasteiger partial charge in [-0.3, -0.25) is 0 Å². The number of fused-ring (bicyclic) bond motifs is 3. The third-order valence-corrected chi connectivity index (χ3v) is 3.43. The van der Waals surface area contributed by atoms with Crippen LogP contribution in [0.1, 0.15) is 16.8 Å². The van der Waals surface area contributed by atoms with E-state index in [0.29, 0.717) is 0 Å². The topological polar surface area (TPSA) is 20.2 Å². The van der Waals surface area contributed by atoms with Gasteiger partial charge >= 0.3 is 0 Å². The zero-order chi connectivity index (χ0) is 10.4. The second-order valence-electron chi connectivity index (χ2n) is 4.77. The van der Waals surface area contributed by atoms with Crippen LogP contribution in [0.25, 0.3) is 10.9 Å². The molecule has 78 valence electrons. The zero-order valence-corrected chi connectivity index (χ0v) is 9.35. The van der Waals surface area contributed by atoms with Crippen LogP contribution in [0.3, 0.4) is 0 Å². The number of hydrogen-bond acceptors (Lipinski definition) is 0. The number of hydrogen-bond donors (Lipinski definition) is 2. The van der Waals surface area contributed by atoms with Crippen LogP contribution in [-0.2, 0) is 13.0 Å². The predicted octanol–water partition coefficient (Wildman–Crippen LogP) is 1.05. The first-order chi connectivity index (χ1) is 7.24. The molecule has 0 radical (unpaired) electrons. The molecule has 1 aliphatic heterocycles. The maximum atomic E-state index is 3.55. The summed E-state index contributed by atoms with van der Waals surface area (Å²) < 4.78 is 0. The van der Waals surface area contributed by atoms with Gasteiger partial charge in [0.2, 0.25) is 0 Å². The van der Waals surface area contributed by atoms with Crippen LogP contribution >= 0.6 is 0 Å². The van der Waals surface area contributed by atoms with Crippen LogP contribution in [-0.4, -0.2) is 18.6 Å². The van der Waals surface area contributed by atoms with Gasteiger partial charge in [-0.15, -0.1) is 0 Å². The number of aromatic nitrogens is 1. The second-order valence-corrected chi connectivity index (χ2v) is 4.77. The quantitative estimate of drug-likeness (QED) is 0.635. The number of rotatable bonds is 0. The van der Waals surface area contributed by atoms with E-state index in [1.54, 1.807) is 10.5 Å². The standard InChI is InChI=1S/C13H16N2/c1-9-3-4-12-11(7-9)10-5-6-15(2)8-13(10)14-12/h3-4,7,14H,5-6,8H2,1-2H3/p+1. The molecule has 0 amide bonds. The largest absolute Gasteiger partial charge is 0.354 e. The number of H-pyrrole nitrogens is 1. The van der Waals surface area contributed by atoms with Crippen molar-refractivity contribution in [3.8, 4) is 0 Å². The lowest BCUT2D eigenvalue weighted by atomic mass is 10.0. The molecule has 2 N–H and O–H groups in total. The van der Waals surface area contributed by atoms with E-state index >= 15 is 0 Å². The molecule has 1 aliphatic rings. The van der Waals surface area contributed by atoms with Crippen molar-refractivity contribution in [3.05, 3.63) is 35.0 Å². The van der Waals surface area contributed by atoms with Crippen LogP contribution in [0, 0.1) is 6.92 Å². The molecule has 1 unspecified atom stereocenters. The van der Waals surface area contributed by atoms with E-state index in [0.717, 1.165) is 6.54 Å². The van der Waals surface area contributed by atoms with Gasteiger partial charge in [0.05, 0.1) is 19.3 Å². The van der Waals surface area contributed by atoms with E-state index in [9.17, 15) is 0 Å². The second kappa shape index (κ2) is 3.11. The van der Waals surface area contributed by atoms with E-state index in [1.165, 1.54) is 35.1 Å². The number of benzene rings is 1. The Labute approximate surface area is 89.9 Å². The van der Waals surface area contributed by atoms with Crippen LogP contribution < -0.4 is 4.90 Å². The molecule has 15 heavy (non-hydrogen) atoms. The van der Waals surface area contributed by atoms with Crippen molar-refractivity contribution in [3.63, 3.8) is 0 Å². The first-order valence-electron chi connectivity index (χ1n) is 5.65. The van der Waals surface area contributed by atoms with Gasteiger partial charge in [0.15, 0.2) is 0 Å². The van der Waals surface area contributed by atoms with E-state index < -0.39 is 0 Å². The van der Waals surface area contributed by atoms with Gasteiger partial charge in [0.25, 0.3) is 0 Å². The molecule has 0 aliphatic carbocycles. The number of quaternary nitrogens is 1. The first-order valence-corrected chi connectivity index (χ1v) is 5.65. The molecule has 0 saturated carbocycles. The fourth-order valence-corrected chi connectivity index (χ4v) is 2.58. The Kier molecular flexibility index (Phi) is 1.86. The number of aromatic amines is 1. The Morgan fingerprint density at radius 1 is 1.33 bits per heavy atom. The monoisotopic (exact) mass is 201 g/mol. The van der Waals surface area contributed by atoms with E-state index in [1.807, 2.05) is 0 Å². The summed E-state index contributed by atoms with van der Waals surface area (Å²) in [6, 6.07) is 6.70. The summed E-state index contributed by atoms with van der Waals surface area (Å²) in [6.07, 6.45) is 1.21. The molecular weight excluding hydrogens is 184 g/mol. The Hall–Kier alpha value is -1.28. The third-order valence-electron chi connectivity index (χ3n) is 3.43. The summed E-state index contributed by atoms with van der Waals surface area (Å²) in [4.78, 5) is 5.16. The summed E-state index contributed by atoms with van der Waals surface area (Å²) in [6.45, 7) is 4.57. The average molecular weight is 201 g/mol. The van der Waals surface area contributed by atoms with Crippen LogP contribution in [0.15, 0.2) is 18.2 Å². The van der Waals surface area contributed by atoms with Gasteiger partial charge in [-0.05, 0) is 24.6 Å². The van der Waals surface area contributed by atoms with Gasteiger partial charge in [-0.25, -0.2) is 0 Å². The van der Waals surface area contributed by atoms with E-state index in [4.69, 9.17) is 0 Å². The van der Waals surface area contributed by atoms with Crippen LogP contribution in [0.5, 0.6) is 0 Å². The molecule has 2 heteroatoms. The number of likely N-dealkylation sites (N-methyl/N-ethyl adjacent to an activating group) is 1. The molecule has 2 nitrogen and oxygen atoms in total. The van der Waals surface area contributed by atoms with Crippen molar-refractivity contribution in [2.75, 3.05) is 13.6 Å². The normalized spacial score (nSPS) is 20.5. The zero-order valence-electron chi connectivity index (χ0n) is 9.35. The van der Waals surface area contributed by atoms with Crippen molar-refractivity contribution in [1.29, 1.82) is 0 Å². The highest BCUT2D eigenvalue weighted by Gasteiger charge is 2.20. The van der Waals surface area contributed by atoms with Crippen molar-refractivity contribution in [1.82, 2.24) is 4.98 Å². The molecule has 1 aromatic heterocycles. The molecular formula is C13H17N2+. The summed E-state index contributed by atoms with van der Waals surface area (Å²) in [5.74, 6) is 0. The molecule has 0 spiro atoms. The molecule has 0 fully saturated rings. The van der Waals surface area contributed by atoms with Crippen molar-refractivity contribution in [2.24, 2.45) is 0 Å². The highest BCUT2D eigenvalue weighted by Crippen LogP contribution is 2.24. The number of aryl methyl sites for hydroxylation is 1. The molecule has 0 saturated heterocycles. The highest BCUT2D eigenvalue weighted by atomic mass is 15.1. The van der Waals surface area contributed by atoms with Gasteiger partial charge in [0.1, 0.15) is 6.54 Å². The minimum absolute atomic E-state index is 1.14. The van der Waals surface area contributed by atoms with Crippen molar-refractivity contribution < 1.29 is 4.90 Å².